The molecule has 0 radical (unpaired) electrons. The van der Waals surface area contributed by atoms with Crippen molar-refractivity contribution in [1.82, 2.24) is 19.6 Å². The lowest BCUT2D eigenvalue weighted by atomic mass is 9.76. The third-order valence-electron chi connectivity index (χ3n) is 8.08. The molecule has 0 aliphatic carbocycles. The van der Waals surface area contributed by atoms with Gasteiger partial charge in [0.1, 0.15) is 16.5 Å². The number of thiazole rings is 1. The lowest BCUT2D eigenvalue weighted by Crippen LogP contribution is -2.41. The monoisotopic (exact) mass is 665 g/mol. The Hall–Kier alpha value is -3.08. The smallest absolute Gasteiger partial charge is 0.337 e. The van der Waals surface area contributed by atoms with Crippen LogP contribution in [0.15, 0.2) is 53.7 Å². The number of aryl methyl sites for hydroxylation is 1. The average molecular weight is 667 g/mol. The molecular weight excluding hydrogens is 626 g/mol. The van der Waals surface area contributed by atoms with Gasteiger partial charge >= 0.3 is 5.97 Å². The zero-order valence-corrected chi connectivity index (χ0v) is 28.0. The molecule has 0 bridgehead atoms. The van der Waals surface area contributed by atoms with Gasteiger partial charge in [0.05, 0.1) is 11.2 Å². The highest BCUT2D eigenvalue weighted by molar-refractivity contribution is 9.10. The van der Waals surface area contributed by atoms with Crippen molar-refractivity contribution in [2.75, 3.05) is 18.0 Å². The Morgan fingerprint density at radius 1 is 1.28 bits per heavy atom. The van der Waals surface area contributed by atoms with Gasteiger partial charge in [0.2, 0.25) is 0 Å². The molecule has 228 valence electrons. The molecule has 1 saturated heterocycles. The van der Waals surface area contributed by atoms with Crippen molar-refractivity contribution in [2.45, 2.75) is 78.4 Å². The van der Waals surface area contributed by atoms with Crippen LogP contribution in [0.4, 0.5) is 5.82 Å². The summed E-state index contributed by atoms with van der Waals surface area (Å²) < 4.78 is 9.05. The van der Waals surface area contributed by atoms with E-state index in [1.165, 1.54) is 5.56 Å². The molecule has 1 aliphatic heterocycles. The molecule has 43 heavy (non-hydrogen) atoms. The number of rotatable bonds is 10. The number of anilines is 1. The lowest BCUT2D eigenvalue weighted by Gasteiger charge is -2.41. The first kappa shape index (κ1) is 31.3. The minimum atomic E-state index is -1.19. The van der Waals surface area contributed by atoms with E-state index in [1.54, 1.807) is 15.9 Å². The fraction of sp³-hybridized carbons (Fsp3) is 0.455. The molecule has 4 heterocycles. The number of carboxylic acid groups (broad SMARTS) is 1. The predicted molar refractivity (Wildman–Crippen MR) is 176 cm³/mol. The maximum atomic E-state index is 12.7. The van der Waals surface area contributed by atoms with Crippen LogP contribution in [0.3, 0.4) is 0 Å². The number of carboxylic acids is 1. The summed E-state index contributed by atoms with van der Waals surface area (Å²) in [6.45, 7) is 15.3. The van der Waals surface area contributed by atoms with E-state index in [1.807, 2.05) is 64.2 Å². The molecule has 1 unspecified atom stereocenters. The molecule has 4 aromatic rings. The van der Waals surface area contributed by atoms with E-state index in [4.69, 9.17) is 19.8 Å². The highest BCUT2D eigenvalue weighted by Gasteiger charge is 2.37. The maximum absolute atomic E-state index is 12.7. The van der Waals surface area contributed by atoms with Gasteiger partial charge in [-0.2, -0.15) is 9.61 Å². The molecule has 8 nitrogen and oxygen atoms in total. The van der Waals surface area contributed by atoms with Crippen molar-refractivity contribution >= 4 is 44.7 Å². The predicted octanol–water partition coefficient (Wildman–Crippen LogP) is 8.03. The van der Waals surface area contributed by atoms with E-state index in [0.29, 0.717) is 22.6 Å². The second kappa shape index (κ2) is 12.5. The molecule has 1 aromatic carbocycles. The number of allylic oxidation sites excluding steroid dienone is 1. The number of nitrogens with zero attached hydrogens (tertiary/aromatic N) is 5. The second-order valence-electron chi connectivity index (χ2n) is 12.7. The quantitative estimate of drug-likeness (QED) is 0.171. The number of benzene rings is 1. The molecule has 1 atom stereocenters. The summed E-state index contributed by atoms with van der Waals surface area (Å²) in [6.07, 6.45) is 7.51. The summed E-state index contributed by atoms with van der Waals surface area (Å²) in [5.74, 6) is -0.307. The van der Waals surface area contributed by atoms with Crippen molar-refractivity contribution in [2.24, 2.45) is 5.41 Å². The Morgan fingerprint density at radius 3 is 2.65 bits per heavy atom. The van der Waals surface area contributed by atoms with E-state index in [-0.39, 0.29) is 5.41 Å². The van der Waals surface area contributed by atoms with Gasteiger partial charge in [-0.05, 0) is 70.4 Å². The van der Waals surface area contributed by atoms with Gasteiger partial charge in [0.15, 0.2) is 11.8 Å². The number of carbonyl (C=O) groups is 1. The van der Waals surface area contributed by atoms with Crippen LogP contribution >= 0.6 is 27.3 Å². The number of halogens is 1. The van der Waals surface area contributed by atoms with E-state index in [0.717, 1.165) is 65.4 Å². The van der Waals surface area contributed by atoms with Crippen LogP contribution in [-0.2, 0) is 16.0 Å². The highest BCUT2D eigenvalue weighted by Crippen LogP contribution is 2.41. The fourth-order valence-corrected chi connectivity index (χ4v) is 7.03. The number of aromatic nitrogens is 4. The fourth-order valence-electron chi connectivity index (χ4n) is 5.71. The van der Waals surface area contributed by atoms with E-state index >= 15 is 0 Å². The summed E-state index contributed by atoms with van der Waals surface area (Å²) in [6, 6.07) is 10.1. The molecule has 0 saturated carbocycles. The number of hydrogen-bond donors (Lipinski definition) is 1. The van der Waals surface area contributed by atoms with Crippen LogP contribution in [0, 0.1) is 12.3 Å². The van der Waals surface area contributed by atoms with Crippen molar-refractivity contribution < 1.29 is 14.6 Å². The third kappa shape index (κ3) is 7.02. The van der Waals surface area contributed by atoms with Crippen molar-refractivity contribution in [3.63, 3.8) is 0 Å². The molecule has 0 amide bonds. The minimum Gasteiger partial charge on any atom is -0.479 e. The Labute approximate surface area is 266 Å². The molecule has 1 aliphatic rings. The first-order chi connectivity index (χ1) is 20.4. The summed E-state index contributed by atoms with van der Waals surface area (Å²) in [4.78, 5) is 25.7. The summed E-state index contributed by atoms with van der Waals surface area (Å²) in [7, 11) is 0. The molecular formula is C33H40BrN5O3S. The molecule has 1 N–H and O–H groups in total. The number of aliphatic carboxylic acids is 1. The summed E-state index contributed by atoms with van der Waals surface area (Å²) >= 11 is 5.25. The molecule has 5 rings (SSSR count). The van der Waals surface area contributed by atoms with Crippen LogP contribution in [0.2, 0.25) is 0 Å². The number of hydrogen-bond acceptors (Lipinski definition) is 7. The molecule has 10 heteroatoms. The van der Waals surface area contributed by atoms with E-state index < -0.39 is 17.7 Å². The highest BCUT2D eigenvalue weighted by atomic mass is 79.9. The minimum absolute atomic E-state index is 0.209. The third-order valence-corrected chi connectivity index (χ3v) is 9.87. The first-order valence-electron chi connectivity index (χ1n) is 14.7. The average Bonchev–Trinajstić information content (AvgIpc) is 3.58. The van der Waals surface area contributed by atoms with Crippen LogP contribution < -0.4 is 4.90 Å². The Morgan fingerprint density at radius 2 is 2.00 bits per heavy atom. The SMILES string of the molecule is C=CCCC1(C)CCN(c2c(C(OC(C)(C)C)C(=O)O)c(C)nc3cc(-c4ncc(Cc5ccccc5Br)s4)nn23)CC1. The standard InChI is InChI=1S/C33H40BrN5O3S/c1-7-8-13-33(6)14-16-38(17-15-33)30-27(28(31(40)41)42-32(3,4)5)21(2)36-26-19-25(37-39(26)30)29-35-20-23(43-29)18-22-11-9-10-12-24(22)34/h7,9-12,19-20,28H,1,8,13-18H2,2-6H3,(H,40,41). The van der Waals surface area contributed by atoms with Crippen LogP contribution in [0.5, 0.6) is 0 Å². The van der Waals surface area contributed by atoms with Gasteiger partial charge in [-0.3, -0.25) is 0 Å². The Balaban J connectivity index is 1.58. The van der Waals surface area contributed by atoms with Crippen molar-refractivity contribution in [3.05, 3.63) is 75.4 Å². The van der Waals surface area contributed by atoms with Crippen molar-refractivity contribution in [1.29, 1.82) is 0 Å². The first-order valence-corrected chi connectivity index (χ1v) is 16.3. The van der Waals surface area contributed by atoms with Gasteiger partial charge in [0.25, 0.3) is 0 Å². The van der Waals surface area contributed by atoms with Gasteiger partial charge in [-0.15, -0.1) is 17.9 Å². The Kier molecular flexibility index (Phi) is 9.11. The topological polar surface area (TPSA) is 92.8 Å². The van der Waals surface area contributed by atoms with Crippen LogP contribution in [0.1, 0.15) is 81.2 Å². The van der Waals surface area contributed by atoms with Gasteiger partial charge in [-0.25, -0.2) is 14.8 Å². The summed E-state index contributed by atoms with van der Waals surface area (Å²) in [5, 5.41) is 16.2. The summed E-state index contributed by atoms with van der Waals surface area (Å²) in [5.41, 5.74) is 3.28. The number of ether oxygens (including phenoxy) is 1. The maximum Gasteiger partial charge on any atom is 0.337 e. The van der Waals surface area contributed by atoms with Gasteiger partial charge in [-0.1, -0.05) is 47.1 Å². The Bertz CT molecular complexity index is 1630. The van der Waals surface area contributed by atoms with Gasteiger partial charge < -0.3 is 14.7 Å². The van der Waals surface area contributed by atoms with E-state index in [9.17, 15) is 9.90 Å². The zero-order valence-electron chi connectivity index (χ0n) is 25.6. The largest absolute Gasteiger partial charge is 0.479 e. The normalized spacial score (nSPS) is 16.0. The molecule has 0 spiro atoms. The molecule has 3 aromatic heterocycles. The van der Waals surface area contributed by atoms with Gasteiger partial charge in [0, 0.05) is 46.8 Å². The van der Waals surface area contributed by atoms with Crippen LogP contribution in [0.25, 0.3) is 16.3 Å². The van der Waals surface area contributed by atoms with Crippen molar-refractivity contribution in [3.8, 4) is 10.7 Å². The zero-order chi connectivity index (χ0) is 30.9. The molecule has 1 fully saturated rings. The number of piperidine rings is 1. The number of fused-ring (bicyclic) bond motifs is 1. The van der Waals surface area contributed by atoms with Crippen LogP contribution in [-0.4, -0.2) is 49.3 Å². The van der Waals surface area contributed by atoms with E-state index in [2.05, 4.69) is 40.4 Å². The second-order valence-corrected chi connectivity index (χ2v) is 14.7. The lowest BCUT2D eigenvalue weighted by molar-refractivity contribution is -0.160.